The first-order valence-electron chi connectivity index (χ1n) is 12.1. The minimum absolute atomic E-state index is 0.0127. The van der Waals surface area contributed by atoms with E-state index in [4.69, 9.17) is 4.74 Å². The van der Waals surface area contributed by atoms with E-state index in [-0.39, 0.29) is 46.9 Å². The summed E-state index contributed by atoms with van der Waals surface area (Å²) in [5, 5.41) is 14.7. The van der Waals surface area contributed by atoms with E-state index < -0.39 is 6.10 Å². The molecular formula is C25H37N3O4. The first kappa shape index (κ1) is 23.2. The van der Waals surface area contributed by atoms with E-state index >= 15 is 0 Å². The predicted octanol–water partition coefficient (Wildman–Crippen LogP) is 2.50. The van der Waals surface area contributed by atoms with Crippen molar-refractivity contribution in [2.24, 2.45) is 29.1 Å². The molecule has 1 saturated heterocycles. The van der Waals surface area contributed by atoms with Crippen LogP contribution in [0.4, 0.5) is 0 Å². The molecule has 0 bridgehead atoms. The number of nitrogens with zero attached hydrogens (tertiary/aromatic N) is 2. The Bertz CT molecular complexity index is 813. The second kappa shape index (κ2) is 9.48. The molecule has 1 aromatic rings. The molecule has 0 radical (unpaired) electrons. The Labute approximate surface area is 190 Å². The molecule has 32 heavy (non-hydrogen) atoms. The van der Waals surface area contributed by atoms with Crippen molar-refractivity contribution in [3.63, 3.8) is 0 Å². The van der Waals surface area contributed by atoms with Gasteiger partial charge in [0.25, 0.3) is 5.91 Å². The van der Waals surface area contributed by atoms with Crippen LogP contribution >= 0.6 is 0 Å². The molecule has 7 atom stereocenters. The van der Waals surface area contributed by atoms with Crippen LogP contribution in [-0.4, -0.2) is 65.3 Å². The van der Waals surface area contributed by atoms with Crippen molar-refractivity contribution >= 4 is 11.8 Å². The van der Waals surface area contributed by atoms with Gasteiger partial charge in [-0.15, -0.1) is 0 Å². The molecule has 7 heteroatoms. The van der Waals surface area contributed by atoms with E-state index in [0.717, 1.165) is 25.7 Å². The molecule has 1 aliphatic heterocycles. The van der Waals surface area contributed by atoms with Gasteiger partial charge in [0.2, 0.25) is 5.91 Å². The van der Waals surface area contributed by atoms with Crippen molar-refractivity contribution in [1.29, 1.82) is 0 Å². The Morgan fingerprint density at radius 2 is 1.97 bits per heavy atom. The zero-order valence-corrected chi connectivity index (χ0v) is 19.5. The molecule has 7 nitrogen and oxygen atoms in total. The smallest absolute Gasteiger partial charge is 0.270 e. The molecule has 176 valence electrons. The number of ether oxygens (including phenoxy) is 1. The van der Waals surface area contributed by atoms with E-state index in [1.807, 2.05) is 17.9 Å². The van der Waals surface area contributed by atoms with Gasteiger partial charge in [-0.2, -0.15) is 0 Å². The first-order valence-corrected chi connectivity index (χ1v) is 12.1. The SMILES string of the molecule is C[C@H]1[C@@H]2[C@@H](O)[C@@H]([C@H](C)C(=O)N3CCOCC3)CC[C@@]2(C)CC[C@@H]1NC(=O)c1ccccn1. The Morgan fingerprint density at radius 3 is 2.66 bits per heavy atom. The van der Waals surface area contributed by atoms with Gasteiger partial charge < -0.3 is 20.1 Å². The van der Waals surface area contributed by atoms with Crippen LogP contribution in [0.2, 0.25) is 0 Å². The van der Waals surface area contributed by atoms with Crippen LogP contribution in [0.3, 0.4) is 0 Å². The summed E-state index contributed by atoms with van der Waals surface area (Å²) < 4.78 is 5.39. The maximum absolute atomic E-state index is 13.1. The lowest BCUT2D eigenvalue weighted by Gasteiger charge is -2.56. The number of aliphatic hydroxyl groups excluding tert-OH is 1. The van der Waals surface area contributed by atoms with Gasteiger partial charge in [0.1, 0.15) is 5.69 Å². The van der Waals surface area contributed by atoms with Crippen molar-refractivity contribution < 1.29 is 19.4 Å². The van der Waals surface area contributed by atoms with Gasteiger partial charge in [0.05, 0.1) is 19.3 Å². The molecule has 0 unspecified atom stereocenters. The van der Waals surface area contributed by atoms with E-state index in [1.54, 1.807) is 18.3 Å². The van der Waals surface area contributed by atoms with Crippen molar-refractivity contribution in [2.75, 3.05) is 26.3 Å². The molecule has 2 aliphatic carbocycles. The number of nitrogens with one attached hydrogen (secondary N) is 1. The third-order valence-electron chi connectivity index (χ3n) is 8.46. The van der Waals surface area contributed by atoms with E-state index in [9.17, 15) is 14.7 Å². The standard InChI is InChI=1S/C25H37N3O4/c1-16(24(31)28-12-14-32-15-13-28)18-7-9-25(3)10-8-19(17(2)21(25)22(18)29)27-23(30)20-6-4-5-11-26-20/h4-6,11,16-19,21-22,29H,7-10,12-15H2,1-3H3,(H,27,30)/t16-,17+,18+,19-,21+,22-,25-/m0/s1. The number of morpholine rings is 1. The number of hydrogen-bond donors (Lipinski definition) is 2. The Balaban J connectivity index is 1.47. The molecule has 4 rings (SSSR count). The van der Waals surface area contributed by atoms with Crippen LogP contribution in [0.1, 0.15) is 56.9 Å². The summed E-state index contributed by atoms with van der Waals surface area (Å²) in [6.07, 6.45) is 4.79. The van der Waals surface area contributed by atoms with Crippen LogP contribution in [0.5, 0.6) is 0 Å². The fourth-order valence-electron chi connectivity index (χ4n) is 6.49. The van der Waals surface area contributed by atoms with Gasteiger partial charge in [-0.1, -0.05) is 26.8 Å². The lowest BCUT2D eigenvalue weighted by Crippen LogP contribution is -2.59. The number of aromatic nitrogens is 1. The number of rotatable bonds is 4. The van der Waals surface area contributed by atoms with Gasteiger partial charge in [-0.25, -0.2) is 0 Å². The van der Waals surface area contributed by atoms with E-state index in [1.165, 1.54) is 0 Å². The highest BCUT2D eigenvalue weighted by Gasteiger charge is 2.54. The Hall–Kier alpha value is -1.99. The van der Waals surface area contributed by atoms with Crippen LogP contribution in [0, 0.1) is 29.1 Å². The van der Waals surface area contributed by atoms with E-state index in [2.05, 4.69) is 24.1 Å². The molecule has 2 saturated carbocycles. The monoisotopic (exact) mass is 443 g/mol. The summed E-state index contributed by atoms with van der Waals surface area (Å²) in [4.78, 5) is 31.9. The fraction of sp³-hybridized carbons (Fsp3) is 0.720. The van der Waals surface area contributed by atoms with E-state index in [0.29, 0.717) is 32.0 Å². The van der Waals surface area contributed by atoms with Gasteiger partial charge in [-0.3, -0.25) is 14.6 Å². The number of aliphatic hydroxyl groups is 1. The highest BCUT2D eigenvalue weighted by Crippen LogP contribution is 2.55. The van der Waals surface area contributed by atoms with Crippen LogP contribution in [0.15, 0.2) is 24.4 Å². The van der Waals surface area contributed by atoms with Crippen molar-refractivity contribution in [2.45, 2.75) is 58.6 Å². The molecule has 0 aromatic carbocycles. The summed E-state index contributed by atoms with van der Waals surface area (Å²) in [6, 6.07) is 5.31. The lowest BCUT2D eigenvalue weighted by atomic mass is 9.51. The van der Waals surface area contributed by atoms with Crippen molar-refractivity contribution in [3.05, 3.63) is 30.1 Å². The molecule has 2 N–H and O–H groups in total. The second-order valence-electron chi connectivity index (χ2n) is 10.3. The van der Waals surface area contributed by atoms with Crippen LogP contribution < -0.4 is 5.32 Å². The molecule has 2 heterocycles. The highest BCUT2D eigenvalue weighted by atomic mass is 16.5. The number of carbonyl (C=O) groups is 2. The predicted molar refractivity (Wildman–Crippen MR) is 121 cm³/mol. The Kier molecular flexibility index (Phi) is 6.86. The number of amides is 2. The minimum atomic E-state index is -0.557. The zero-order valence-electron chi connectivity index (χ0n) is 19.5. The molecule has 3 fully saturated rings. The first-order chi connectivity index (χ1) is 15.3. The second-order valence-corrected chi connectivity index (χ2v) is 10.3. The fourth-order valence-corrected chi connectivity index (χ4v) is 6.49. The number of pyridine rings is 1. The molecule has 3 aliphatic rings. The van der Waals surface area contributed by atoms with Crippen LogP contribution in [-0.2, 0) is 9.53 Å². The summed E-state index contributed by atoms with van der Waals surface area (Å²) in [5.41, 5.74) is 0.448. The van der Waals surface area contributed by atoms with Gasteiger partial charge in [0, 0.05) is 31.2 Å². The number of carbonyl (C=O) groups excluding carboxylic acids is 2. The average molecular weight is 444 g/mol. The van der Waals surface area contributed by atoms with Crippen molar-refractivity contribution in [1.82, 2.24) is 15.2 Å². The largest absolute Gasteiger partial charge is 0.392 e. The average Bonchev–Trinajstić information content (AvgIpc) is 2.81. The summed E-state index contributed by atoms with van der Waals surface area (Å²) in [7, 11) is 0. The third kappa shape index (κ3) is 4.42. The highest BCUT2D eigenvalue weighted by molar-refractivity contribution is 5.92. The van der Waals surface area contributed by atoms with Gasteiger partial charge >= 0.3 is 0 Å². The Morgan fingerprint density at radius 1 is 1.25 bits per heavy atom. The van der Waals surface area contributed by atoms with Crippen molar-refractivity contribution in [3.8, 4) is 0 Å². The maximum atomic E-state index is 13.1. The van der Waals surface area contributed by atoms with Gasteiger partial charge in [-0.05, 0) is 61.0 Å². The van der Waals surface area contributed by atoms with Gasteiger partial charge in [0.15, 0.2) is 0 Å². The number of fused-ring (bicyclic) bond motifs is 1. The summed E-state index contributed by atoms with van der Waals surface area (Å²) in [5.74, 6) is -0.151. The summed E-state index contributed by atoms with van der Waals surface area (Å²) in [6.45, 7) is 8.82. The third-order valence-corrected chi connectivity index (χ3v) is 8.46. The quantitative estimate of drug-likeness (QED) is 0.746. The molecule has 0 spiro atoms. The lowest BCUT2D eigenvalue weighted by molar-refractivity contribution is -0.153. The normalized spacial score (nSPS) is 36.1. The molecule has 1 aromatic heterocycles. The topological polar surface area (TPSA) is 91.8 Å². The zero-order chi connectivity index (χ0) is 22.9. The molecular weight excluding hydrogens is 406 g/mol. The summed E-state index contributed by atoms with van der Waals surface area (Å²) >= 11 is 0. The minimum Gasteiger partial charge on any atom is -0.392 e. The maximum Gasteiger partial charge on any atom is 0.270 e. The molecule has 2 amide bonds. The van der Waals surface area contributed by atoms with Crippen LogP contribution in [0.25, 0.3) is 0 Å². The number of hydrogen-bond acceptors (Lipinski definition) is 5.